The Hall–Kier alpha value is -2.38. The number of hydrogen-bond acceptors (Lipinski definition) is 4. The number of benzene rings is 2. The van der Waals surface area contributed by atoms with Gasteiger partial charge in [0.05, 0.1) is 11.9 Å². The Bertz CT molecular complexity index is 1030. The standard InChI is InChI=1S/C25H35N3O3S/c1-19-13-20(2)15-24(14-19)28(32(4,30)31)21(3)25(29)26-17-22-9-8-10-23(16-22)18-27-11-6-5-7-12-27/h8-10,13-16,21H,5-7,11-12,17-18H2,1-4H3,(H,26,29)/t21-/m0/s1. The molecule has 1 heterocycles. The van der Waals surface area contributed by atoms with Crippen molar-refractivity contribution in [3.8, 4) is 0 Å². The monoisotopic (exact) mass is 457 g/mol. The van der Waals surface area contributed by atoms with E-state index in [0.29, 0.717) is 12.2 Å². The minimum Gasteiger partial charge on any atom is -0.350 e. The second-order valence-electron chi connectivity index (χ2n) is 8.96. The van der Waals surface area contributed by atoms with Gasteiger partial charge in [0.1, 0.15) is 6.04 Å². The summed E-state index contributed by atoms with van der Waals surface area (Å²) in [6.45, 7) is 9.02. The maximum atomic E-state index is 12.9. The number of nitrogens with one attached hydrogen (secondary N) is 1. The van der Waals surface area contributed by atoms with Crippen LogP contribution in [0.2, 0.25) is 0 Å². The summed E-state index contributed by atoms with van der Waals surface area (Å²) in [6, 6.07) is 13.0. The molecule has 1 amide bonds. The molecular formula is C25H35N3O3S. The molecule has 0 saturated carbocycles. The molecule has 3 rings (SSSR count). The summed E-state index contributed by atoms with van der Waals surface area (Å²) in [4.78, 5) is 15.4. The van der Waals surface area contributed by atoms with Crippen molar-refractivity contribution in [3.63, 3.8) is 0 Å². The van der Waals surface area contributed by atoms with Gasteiger partial charge >= 0.3 is 0 Å². The first-order valence-corrected chi connectivity index (χ1v) is 13.1. The number of rotatable bonds is 8. The molecule has 0 spiro atoms. The molecule has 2 aromatic rings. The summed E-state index contributed by atoms with van der Waals surface area (Å²) in [7, 11) is -3.63. The van der Waals surface area contributed by atoms with Crippen LogP contribution >= 0.6 is 0 Å². The first kappa shape index (κ1) is 24.3. The minimum absolute atomic E-state index is 0.323. The molecule has 0 radical (unpaired) electrons. The SMILES string of the molecule is Cc1cc(C)cc(N([C@@H](C)C(=O)NCc2cccc(CN3CCCCC3)c2)S(C)(=O)=O)c1. The lowest BCUT2D eigenvalue weighted by molar-refractivity contribution is -0.122. The number of amides is 1. The van der Waals surface area contributed by atoms with Crippen molar-refractivity contribution in [2.75, 3.05) is 23.7 Å². The van der Waals surface area contributed by atoms with E-state index in [1.807, 2.05) is 32.0 Å². The number of likely N-dealkylation sites (tertiary alicyclic amines) is 1. The fraction of sp³-hybridized carbons (Fsp3) is 0.480. The summed E-state index contributed by atoms with van der Waals surface area (Å²) < 4.78 is 26.3. The van der Waals surface area contributed by atoms with Crippen molar-refractivity contribution in [1.82, 2.24) is 10.2 Å². The Morgan fingerprint density at radius 3 is 2.28 bits per heavy atom. The predicted molar refractivity (Wildman–Crippen MR) is 130 cm³/mol. The third-order valence-corrected chi connectivity index (χ3v) is 7.10. The van der Waals surface area contributed by atoms with E-state index in [9.17, 15) is 13.2 Å². The van der Waals surface area contributed by atoms with E-state index < -0.39 is 16.1 Å². The number of piperidine rings is 1. The van der Waals surface area contributed by atoms with Gasteiger partial charge in [0, 0.05) is 13.1 Å². The fourth-order valence-corrected chi connectivity index (χ4v) is 5.60. The Kier molecular flexibility index (Phi) is 7.96. The van der Waals surface area contributed by atoms with E-state index in [2.05, 4.69) is 22.3 Å². The highest BCUT2D eigenvalue weighted by molar-refractivity contribution is 7.92. The van der Waals surface area contributed by atoms with Crippen LogP contribution in [0.15, 0.2) is 42.5 Å². The van der Waals surface area contributed by atoms with Crippen LogP contribution in [0.3, 0.4) is 0 Å². The highest BCUT2D eigenvalue weighted by Crippen LogP contribution is 2.24. The zero-order valence-corrected chi connectivity index (χ0v) is 20.4. The Labute approximate surface area is 192 Å². The van der Waals surface area contributed by atoms with Crippen molar-refractivity contribution in [2.24, 2.45) is 0 Å². The van der Waals surface area contributed by atoms with E-state index >= 15 is 0 Å². The molecule has 2 aromatic carbocycles. The number of carbonyl (C=O) groups is 1. The highest BCUT2D eigenvalue weighted by Gasteiger charge is 2.29. The lowest BCUT2D eigenvalue weighted by Gasteiger charge is -2.29. The molecule has 0 aliphatic carbocycles. The largest absolute Gasteiger partial charge is 0.350 e. The molecule has 1 atom stereocenters. The number of nitrogens with zero attached hydrogens (tertiary/aromatic N) is 2. The number of aryl methyl sites for hydroxylation is 2. The van der Waals surface area contributed by atoms with Gasteiger partial charge in [-0.2, -0.15) is 0 Å². The molecule has 174 valence electrons. The zero-order valence-electron chi connectivity index (χ0n) is 19.6. The Morgan fingerprint density at radius 2 is 1.66 bits per heavy atom. The van der Waals surface area contributed by atoms with E-state index in [0.717, 1.165) is 42.6 Å². The molecule has 0 unspecified atom stereocenters. The second kappa shape index (κ2) is 10.5. The van der Waals surface area contributed by atoms with Crippen molar-refractivity contribution in [1.29, 1.82) is 0 Å². The summed E-state index contributed by atoms with van der Waals surface area (Å²) in [5.41, 5.74) is 4.66. The van der Waals surface area contributed by atoms with Crippen LogP contribution in [0.5, 0.6) is 0 Å². The highest BCUT2D eigenvalue weighted by atomic mass is 32.2. The van der Waals surface area contributed by atoms with Crippen LogP contribution in [0.25, 0.3) is 0 Å². The van der Waals surface area contributed by atoms with E-state index in [4.69, 9.17) is 0 Å². The molecular weight excluding hydrogens is 422 g/mol. The molecule has 0 aromatic heterocycles. The van der Waals surface area contributed by atoms with Gasteiger partial charge < -0.3 is 5.32 Å². The van der Waals surface area contributed by atoms with Gasteiger partial charge in [0.25, 0.3) is 0 Å². The molecule has 1 saturated heterocycles. The average Bonchev–Trinajstić information content (AvgIpc) is 2.71. The second-order valence-corrected chi connectivity index (χ2v) is 10.8. The molecule has 7 heteroatoms. The van der Waals surface area contributed by atoms with Crippen molar-refractivity contribution >= 4 is 21.6 Å². The van der Waals surface area contributed by atoms with Crippen molar-refractivity contribution in [2.45, 2.75) is 59.2 Å². The lowest BCUT2D eigenvalue weighted by Crippen LogP contribution is -2.47. The maximum absolute atomic E-state index is 12.9. The lowest BCUT2D eigenvalue weighted by atomic mass is 10.1. The first-order valence-electron chi connectivity index (χ1n) is 11.3. The van der Waals surface area contributed by atoms with Gasteiger partial charge in [-0.1, -0.05) is 36.8 Å². The van der Waals surface area contributed by atoms with Crippen LogP contribution in [-0.4, -0.2) is 44.6 Å². The third kappa shape index (κ3) is 6.56. The van der Waals surface area contributed by atoms with E-state index in [1.165, 1.54) is 29.1 Å². The summed E-state index contributed by atoms with van der Waals surface area (Å²) in [6.07, 6.45) is 4.96. The predicted octanol–water partition coefficient (Wildman–Crippen LogP) is 3.76. The maximum Gasteiger partial charge on any atom is 0.243 e. The topological polar surface area (TPSA) is 69.7 Å². The van der Waals surface area contributed by atoms with Gasteiger partial charge in [-0.15, -0.1) is 0 Å². The zero-order chi connectivity index (χ0) is 23.3. The molecule has 32 heavy (non-hydrogen) atoms. The third-order valence-electron chi connectivity index (χ3n) is 5.86. The Balaban J connectivity index is 1.68. The van der Waals surface area contributed by atoms with Gasteiger partial charge in [-0.05, 0) is 81.1 Å². The van der Waals surface area contributed by atoms with E-state index in [1.54, 1.807) is 19.1 Å². The number of sulfonamides is 1. The van der Waals surface area contributed by atoms with Gasteiger partial charge in [0.2, 0.25) is 15.9 Å². The van der Waals surface area contributed by atoms with Crippen molar-refractivity contribution in [3.05, 3.63) is 64.7 Å². The molecule has 1 fully saturated rings. The smallest absolute Gasteiger partial charge is 0.243 e. The molecule has 0 bridgehead atoms. The van der Waals surface area contributed by atoms with Gasteiger partial charge in [-0.3, -0.25) is 14.0 Å². The van der Waals surface area contributed by atoms with E-state index in [-0.39, 0.29) is 5.91 Å². The summed E-state index contributed by atoms with van der Waals surface area (Å²) >= 11 is 0. The summed E-state index contributed by atoms with van der Waals surface area (Å²) in [5.74, 6) is -0.323. The molecule has 1 aliphatic rings. The Morgan fingerprint density at radius 1 is 1.03 bits per heavy atom. The number of carbonyl (C=O) groups excluding carboxylic acids is 1. The van der Waals surface area contributed by atoms with Gasteiger partial charge in [-0.25, -0.2) is 8.42 Å². The number of hydrogen-bond donors (Lipinski definition) is 1. The quantitative estimate of drug-likeness (QED) is 0.655. The first-order chi connectivity index (χ1) is 15.1. The van der Waals surface area contributed by atoms with Crippen molar-refractivity contribution < 1.29 is 13.2 Å². The van der Waals surface area contributed by atoms with Crippen LogP contribution in [0.4, 0.5) is 5.69 Å². The summed E-state index contributed by atoms with van der Waals surface area (Å²) in [5, 5.41) is 2.92. The van der Waals surface area contributed by atoms with Crippen LogP contribution in [0.1, 0.15) is 48.4 Å². The van der Waals surface area contributed by atoms with Crippen LogP contribution in [-0.2, 0) is 27.9 Å². The molecule has 1 aliphatic heterocycles. The number of anilines is 1. The minimum atomic E-state index is -3.63. The van der Waals surface area contributed by atoms with Crippen LogP contribution < -0.4 is 9.62 Å². The molecule has 6 nitrogen and oxygen atoms in total. The fourth-order valence-electron chi connectivity index (χ4n) is 4.44. The van der Waals surface area contributed by atoms with Gasteiger partial charge in [0.15, 0.2) is 0 Å². The van der Waals surface area contributed by atoms with Crippen LogP contribution in [0, 0.1) is 13.8 Å². The normalized spacial score (nSPS) is 15.9. The average molecular weight is 458 g/mol. The molecule has 1 N–H and O–H groups in total.